The minimum Gasteiger partial charge on any atom is -0.447 e. The predicted molar refractivity (Wildman–Crippen MR) is 123 cm³/mol. The van der Waals surface area contributed by atoms with Gasteiger partial charge in [-0.25, -0.2) is 4.39 Å². The lowest BCUT2D eigenvalue weighted by molar-refractivity contribution is -0.118. The van der Waals surface area contributed by atoms with Crippen molar-refractivity contribution in [2.45, 2.75) is 45.5 Å². The molecule has 0 unspecified atom stereocenters. The summed E-state index contributed by atoms with van der Waals surface area (Å²) < 4.78 is 21.0. The Morgan fingerprint density at radius 2 is 2.00 bits per heavy atom. The van der Waals surface area contributed by atoms with E-state index in [9.17, 15) is 9.18 Å². The number of hydrogen-bond acceptors (Lipinski definition) is 6. The highest BCUT2D eigenvalue weighted by molar-refractivity contribution is 7.99. The van der Waals surface area contributed by atoms with Crippen LogP contribution in [0.25, 0.3) is 11.3 Å². The van der Waals surface area contributed by atoms with Crippen LogP contribution in [0, 0.1) is 18.7 Å². The Morgan fingerprint density at radius 1 is 1.22 bits per heavy atom. The first-order valence-corrected chi connectivity index (χ1v) is 11.5. The number of carbonyl (C=O) groups is 1. The minimum absolute atomic E-state index is 0.232. The van der Waals surface area contributed by atoms with Crippen molar-refractivity contribution in [3.05, 3.63) is 59.4 Å². The topological polar surface area (TPSA) is 68.2 Å². The summed E-state index contributed by atoms with van der Waals surface area (Å²) >= 11 is 1.50. The lowest BCUT2D eigenvalue weighted by Gasteiger charge is -2.30. The molecule has 0 radical (unpaired) electrons. The van der Waals surface area contributed by atoms with Gasteiger partial charge in [0, 0.05) is 23.8 Å². The highest BCUT2D eigenvalue weighted by Gasteiger charge is 2.36. The van der Waals surface area contributed by atoms with E-state index in [2.05, 4.69) is 29.0 Å². The van der Waals surface area contributed by atoms with Gasteiger partial charge >= 0.3 is 0 Å². The maximum absolute atomic E-state index is 14.8. The van der Waals surface area contributed by atoms with Gasteiger partial charge in [-0.2, -0.15) is 4.98 Å². The lowest BCUT2D eigenvalue weighted by atomic mass is 10.0. The number of aryl methyl sites for hydroxylation is 1. The SMILES string of the molecule is CC(=O)N1c2ccc(C)cc2-c2nnc(SCCC(C)C)nc2O[C@H]1c1ccccc1F. The van der Waals surface area contributed by atoms with Gasteiger partial charge in [0.25, 0.3) is 0 Å². The largest absolute Gasteiger partial charge is 0.447 e. The number of halogens is 1. The number of ether oxygens (including phenoxy) is 1. The first kappa shape index (κ1) is 22.2. The second-order valence-electron chi connectivity index (χ2n) is 8.18. The third-order valence-corrected chi connectivity index (χ3v) is 6.07. The van der Waals surface area contributed by atoms with E-state index in [1.807, 2.05) is 25.1 Å². The van der Waals surface area contributed by atoms with E-state index in [0.29, 0.717) is 28.0 Å². The van der Waals surface area contributed by atoms with E-state index in [1.165, 1.54) is 29.7 Å². The van der Waals surface area contributed by atoms with Crippen LogP contribution in [0.5, 0.6) is 5.88 Å². The van der Waals surface area contributed by atoms with Crippen LogP contribution in [0.3, 0.4) is 0 Å². The number of fused-ring (bicyclic) bond motifs is 3. The summed E-state index contributed by atoms with van der Waals surface area (Å²) in [7, 11) is 0. The molecule has 8 heteroatoms. The van der Waals surface area contributed by atoms with Gasteiger partial charge in [0.15, 0.2) is 5.69 Å². The fraction of sp³-hybridized carbons (Fsp3) is 0.333. The number of thioether (sulfide) groups is 1. The van der Waals surface area contributed by atoms with E-state index < -0.39 is 12.0 Å². The van der Waals surface area contributed by atoms with Crippen molar-refractivity contribution in [3.8, 4) is 17.1 Å². The predicted octanol–water partition coefficient (Wildman–Crippen LogP) is 5.57. The molecule has 0 saturated heterocycles. The van der Waals surface area contributed by atoms with Crippen LogP contribution in [0.4, 0.5) is 10.1 Å². The summed E-state index contributed by atoms with van der Waals surface area (Å²) in [5.74, 6) is 0.905. The summed E-state index contributed by atoms with van der Waals surface area (Å²) in [6.07, 6.45) is -0.00846. The normalized spacial score (nSPS) is 15.1. The van der Waals surface area contributed by atoms with Crippen LogP contribution in [0.1, 0.15) is 44.5 Å². The smallest absolute Gasteiger partial charge is 0.247 e. The zero-order valence-corrected chi connectivity index (χ0v) is 19.3. The quantitative estimate of drug-likeness (QED) is 0.472. The summed E-state index contributed by atoms with van der Waals surface area (Å²) in [4.78, 5) is 18.8. The highest BCUT2D eigenvalue weighted by Crippen LogP contribution is 2.44. The highest BCUT2D eigenvalue weighted by atomic mass is 32.2. The van der Waals surface area contributed by atoms with E-state index in [4.69, 9.17) is 4.74 Å². The Balaban J connectivity index is 1.86. The van der Waals surface area contributed by atoms with Gasteiger partial charge in [0.2, 0.25) is 23.2 Å². The molecule has 2 heterocycles. The summed E-state index contributed by atoms with van der Waals surface area (Å²) in [6.45, 7) is 7.71. The molecule has 32 heavy (non-hydrogen) atoms. The second kappa shape index (κ2) is 9.24. The Bertz CT molecular complexity index is 1150. The number of aromatic nitrogens is 3. The minimum atomic E-state index is -1.03. The van der Waals surface area contributed by atoms with Gasteiger partial charge in [-0.3, -0.25) is 9.69 Å². The molecule has 166 valence electrons. The van der Waals surface area contributed by atoms with Crippen molar-refractivity contribution in [2.24, 2.45) is 5.92 Å². The summed E-state index contributed by atoms with van der Waals surface area (Å²) in [5.41, 5.74) is 2.91. The van der Waals surface area contributed by atoms with E-state index in [1.54, 1.807) is 18.2 Å². The molecule has 6 nitrogen and oxygen atoms in total. The Labute approximate surface area is 191 Å². The Kier molecular flexibility index (Phi) is 6.41. The average Bonchev–Trinajstić information content (AvgIpc) is 2.88. The third kappa shape index (κ3) is 4.46. The molecule has 1 atom stereocenters. The van der Waals surface area contributed by atoms with Crippen LogP contribution >= 0.6 is 11.8 Å². The molecule has 3 aromatic rings. The van der Waals surface area contributed by atoms with Gasteiger partial charge < -0.3 is 4.74 Å². The van der Waals surface area contributed by atoms with Crippen molar-refractivity contribution in [1.82, 2.24) is 15.2 Å². The molecule has 0 N–H and O–H groups in total. The molecule has 1 aromatic heterocycles. The zero-order chi connectivity index (χ0) is 22.8. The number of benzene rings is 2. The van der Waals surface area contributed by atoms with Gasteiger partial charge in [-0.05, 0) is 37.5 Å². The van der Waals surface area contributed by atoms with Gasteiger partial charge in [-0.15, -0.1) is 10.2 Å². The molecule has 2 aromatic carbocycles. The number of amides is 1. The second-order valence-corrected chi connectivity index (χ2v) is 9.24. The third-order valence-electron chi connectivity index (χ3n) is 5.20. The number of nitrogens with zero attached hydrogens (tertiary/aromatic N) is 4. The van der Waals surface area contributed by atoms with E-state index >= 15 is 0 Å². The monoisotopic (exact) mass is 452 g/mol. The first-order valence-electron chi connectivity index (χ1n) is 10.5. The van der Waals surface area contributed by atoms with Crippen molar-refractivity contribution >= 4 is 23.4 Å². The van der Waals surface area contributed by atoms with Crippen LogP contribution < -0.4 is 9.64 Å². The van der Waals surface area contributed by atoms with Crippen LogP contribution in [0.15, 0.2) is 47.6 Å². The van der Waals surface area contributed by atoms with Crippen molar-refractivity contribution in [2.75, 3.05) is 10.7 Å². The fourth-order valence-electron chi connectivity index (χ4n) is 3.54. The van der Waals surface area contributed by atoms with Gasteiger partial charge in [-0.1, -0.05) is 55.4 Å². The molecular formula is C24H25FN4O2S. The maximum Gasteiger partial charge on any atom is 0.247 e. The number of anilines is 1. The van der Waals surface area contributed by atoms with Crippen LogP contribution in [-0.2, 0) is 4.79 Å². The molecule has 1 amide bonds. The molecule has 0 spiro atoms. The molecule has 1 aliphatic rings. The van der Waals surface area contributed by atoms with Crippen molar-refractivity contribution < 1.29 is 13.9 Å². The van der Waals surface area contributed by atoms with Crippen LogP contribution in [0.2, 0.25) is 0 Å². The summed E-state index contributed by atoms with van der Waals surface area (Å²) in [6, 6.07) is 11.9. The van der Waals surface area contributed by atoms with Crippen molar-refractivity contribution in [1.29, 1.82) is 0 Å². The average molecular weight is 453 g/mol. The van der Waals surface area contributed by atoms with Crippen molar-refractivity contribution in [3.63, 3.8) is 0 Å². The number of hydrogen-bond donors (Lipinski definition) is 0. The van der Waals surface area contributed by atoms with Gasteiger partial charge in [0.1, 0.15) is 5.82 Å². The van der Waals surface area contributed by atoms with E-state index in [-0.39, 0.29) is 17.4 Å². The standard InChI is InChI=1S/C24H25FN4O2S/c1-14(2)11-12-32-24-26-22-21(27-28-24)18-13-15(3)9-10-20(18)29(16(4)30)23(31-22)17-7-5-6-8-19(17)25/h5-10,13-14,23H,11-12H2,1-4H3/t23-/m0/s1. The number of carbonyl (C=O) groups excluding carboxylic acids is 1. The molecular weight excluding hydrogens is 427 g/mol. The molecule has 4 rings (SSSR count). The molecule has 0 fully saturated rings. The molecule has 0 aliphatic carbocycles. The number of rotatable bonds is 5. The zero-order valence-electron chi connectivity index (χ0n) is 18.5. The Morgan fingerprint density at radius 3 is 2.72 bits per heavy atom. The molecule has 0 bridgehead atoms. The van der Waals surface area contributed by atoms with Crippen LogP contribution in [-0.4, -0.2) is 26.8 Å². The Hall–Kier alpha value is -3.00. The fourth-order valence-corrected chi connectivity index (χ4v) is 4.56. The van der Waals surface area contributed by atoms with Gasteiger partial charge in [0.05, 0.1) is 5.69 Å². The lowest BCUT2D eigenvalue weighted by Crippen LogP contribution is -2.36. The maximum atomic E-state index is 14.8. The van der Waals surface area contributed by atoms with E-state index in [0.717, 1.165) is 17.7 Å². The first-order chi connectivity index (χ1) is 15.3. The summed E-state index contributed by atoms with van der Waals surface area (Å²) in [5, 5.41) is 9.19. The molecule has 0 saturated carbocycles. The molecule has 1 aliphatic heterocycles.